The number of carbonyl (C=O) groups is 1. The maximum atomic E-state index is 12.3. The Balaban J connectivity index is 2.02. The zero-order chi connectivity index (χ0) is 17.9. The summed E-state index contributed by atoms with van der Waals surface area (Å²) in [6.07, 6.45) is 3.23. The van der Waals surface area contributed by atoms with E-state index in [9.17, 15) is 4.79 Å². The quantitative estimate of drug-likeness (QED) is 0.612. The van der Waals surface area contributed by atoms with Crippen LogP contribution in [0, 0.1) is 17.3 Å². The number of hydrogen-bond acceptors (Lipinski definition) is 4. The number of nitrogens with zero attached hydrogens (tertiary/aromatic N) is 1. The van der Waals surface area contributed by atoms with Gasteiger partial charge in [-0.05, 0) is 29.5 Å². The van der Waals surface area contributed by atoms with Gasteiger partial charge in [0, 0.05) is 11.6 Å². The molecule has 2 rings (SSSR count). The van der Waals surface area contributed by atoms with E-state index in [4.69, 9.17) is 32.7 Å². The Labute approximate surface area is 151 Å². The van der Waals surface area contributed by atoms with Crippen molar-refractivity contribution in [2.45, 2.75) is 13.8 Å². The fourth-order valence-electron chi connectivity index (χ4n) is 2.79. The summed E-state index contributed by atoms with van der Waals surface area (Å²) in [5, 5.41) is 4.01. The number of allylic oxidation sites excluding steroid dienone is 1. The average Bonchev–Trinajstić information content (AvgIpc) is 3.07. The van der Waals surface area contributed by atoms with Gasteiger partial charge < -0.3 is 9.47 Å². The van der Waals surface area contributed by atoms with Crippen LogP contribution in [0.2, 0.25) is 0 Å². The van der Waals surface area contributed by atoms with Crippen molar-refractivity contribution in [2.75, 3.05) is 14.2 Å². The average molecular weight is 371 g/mol. The van der Waals surface area contributed by atoms with Crippen molar-refractivity contribution in [1.82, 2.24) is 5.43 Å². The second-order valence-electron chi connectivity index (χ2n) is 6.12. The molecule has 0 spiro atoms. The first-order chi connectivity index (χ1) is 11.3. The molecule has 24 heavy (non-hydrogen) atoms. The Kier molecular flexibility index (Phi) is 5.78. The molecule has 5 nitrogen and oxygen atoms in total. The SMILES string of the molecule is COc1ccc(/C=N\NC(=O)[C@@H]2[C@@H](C=C(Cl)Cl)C2(C)C)c(OC)c1. The number of ether oxygens (including phenoxy) is 2. The molecule has 0 unspecified atom stereocenters. The smallest absolute Gasteiger partial charge is 0.244 e. The monoisotopic (exact) mass is 370 g/mol. The predicted octanol–water partition coefficient (Wildman–Crippen LogP) is 3.75. The summed E-state index contributed by atoms with van der Waals surface area (Å²) in [4.78, 5) is 12.3. The van der Waals surface area contributed by atoms with Gasteiger partial charge in [0.05, 0.1) is 26.4 Å². The highest BCUT2D eigenvalue weighted by Gasteiger charge is 2.60. The Morgan fingerprint density at radius 1 is 1.29 bits per heavy atom. The summed E-state index contributed by atoms with van der Waals surface area (Å²) >= 11 is 11.4. The Bertz CT molecular complexity index is 682. The number of halogens is 2. The van der Waals surface area contributed by atoms with Crippen LogP contribution >= 0.6 is 23.2 Å². The summed E-state index contributed by atoms with van der Waals surface area (Å²) in [5.74, 6) is 0.918. The van der Waals surface area contributed by atoms with E-state index >= 15 is 0 Å². The van der Waals surface area contributed by atoms with Gasteiger partial charge in [0.25, 0.3) is 0 Å². The number of methoxy groups -OCH3 is 2. The van der Waals surface area contributed by atoms with E-state index in [1.807, 2.05) is 13.8 Å². The lowest BCUT2D eigenvalue weighted by molar-refractivity contribution is -0.123. The van der Waals surface area contributed by atoms with Crippen LogP contribution in [0.3, 0.4) is 0 Å². The van der Waals surface area contributed by atoms with Gasteiger partial charge in [-0.15, -0.1) is 0 Å². The molecule has 130 valence electrons. The van der Waals surface area contributed by atoms with Crippen molar-refractivity contribution in [3.8, 4) is 11.5 Å². The van der Waals surface area contributed by atoms with Crippen LogP contribution in [0.5, 0.6) is 11.5 Å². The zero-order valence-corrected chi connectivity index (χ0v) is 15.5. The fraction of sp³-hybridized carbons (Fsp3) is 0.412. The number of hydrazone groups is 1. The van der Waals surface area contributed by atoms with Gasteiger partial charge in [-0.1, -0.05) is 37.0 Å². The van der Waals surface area contributed by atoms with Crippen LogP contribution in [0.25, 0.3) is 0 Å². The molecule has 7 heteroatoms. The summed E-state index contributed by atoms with van der Waals surface area (Å²) in [7, 11) is 3.14. The molecule has 0 aromatic heterocycles. The molecule has 1 saturated carbocycles. The molecule has 0 aliphatic heterocycles. The van der Waals surface area contributed by atoms with Crippen LogP contribution in [0.15, 0.2) is 33.9 Å². The second kappa shape index (κ2) is 7.45. The van der Waals surface area contributed by atoms with E-state index in [2.05, 4.69) is 10.5 Å². The number of carbonyl (C=O) groups excluding carboxylic acids is 1. The van der Waals surface area contributed by atoms with E-state index in [1.165, 1.54) is 6.21 Å². The van der Waals surface area contributed by atoms with Crippen molar-refractivity contribution in [1.29, 1.82) is 0 Å². The highest BCUT2D eigenvalue weighted by atomic mass is 35.5. The molecule has 0 heterocycles. The lowest BCUT2D eigenvalue weighted by Crippen LogP contribution is -2.22. The number of nitrogens with one attached hydrogen (secondary N) is 1. The van der Waals surface area contributed by atoms with Crippen molar-refractivity contribution in [3.63, 3.8) is 0 Å². The van der Waals surface area contributed by atoms with Crippen LogP contribution in [0.4, 0.5) is 0 Å². The summed E-state index contributed by atoms with van der Waals surface area (Å²) < 4.78 is 10.6. The van der Waals surface area contributed by atoms with Crippen LogP contribution < -0.4 is 14.9 Å². The van der Waals surface area contributed by atoms with E-state index < -0.39 is 0 Å². The Morgan fingerprint density at radius 2 is 2.00 bits per heavy atom. The fourth-order valence-corrected chi connectivity index (χ4v) is 3.06. The Morgan fingerprint density at radius 3 is 2.58 bits per heavy atom. The van der Waals surface area contributed by atoms with Crippen LogP contribution in [-0.4, -0.2) is 26.3 Å². The minimum absolute atomic E-state index is 0.00761. The third-order valence-corrected chi connectivity index (χ3v) is 4.57. The second-order valence-corrected chi connectivity index (χ2v) is 7.13. The van der Waals surface area contributed by atoms with Gasteiger partial charge >= 0.3 is 0 Å². The number of benzene rings is 1. The van der Waals surface area contributed by atoms with Gasteiger partial charge in [-0.25, -0.2) is 5.43 Å². The van der Waals surface area contributed by atoms with Crippen LogP contribution in [-0.2, 0) is 4.79 Å². The minimum atomic E-state index is -0.208. The molecular formula is C17H20Cl2N2O3. The number of amides is 1. The molecule has 1 aliphatic rings. The van der Waals surface area contributed by atoms with Gasteiger partial charge in [-0.3, -0.25) is 4.79 Å². The predicted molar refractivity (Wildman–Crippen MR) is 95.8 cm³/mol. The number of rotatable bonds is 6. The Hall–Kier alpha value is -1.72. The summed E-state index contributed by atoms with van der Waals surface area (Å²) in [5.41, 5.74) is 3.10. The van der Waals surface area contributed by atoms with E-state index in [1.54, 1.807) is 38.5 Å². The first-order valence-corrected chi connectivity index (χ1v) is 8.14. The van der Waals surface area contributed by atoms with Gasteiger partial charge in [-0.2, -0.15) is 5.10 Å². The molecule has 2 atom stereocenters. The molecular weight excluding hydrogens is 351 g/mol. The molecule has 1 fully saturated rings. The first-order valence-electron chi connectivity index (χ1n) is 7.39. The van der Waals surface area contributed by atoms with E-state index in [0.29, 0.717) is 11.5 Å². The highest BCUT2D eigenvalue weighted by Crippen LogP contribution is 2.59. The maximum absolute atomic E-state index is 12.3. The number of hydrogen-bond donors (Lipinski definition) is 1. The van der Waals surface area contributed by atoms with Crippen molar-refractivity contribution in [2.24, 2.45) is 22.4 Å². The molecule has 1 aromatic rings. The van der Waals surface area contributed by atoms with Crippen molar-refractivity contribution >= 4 is 35.3 Å². The van der Waals surface area contributed by atoms with Crippen molar-refractivity contribution < 1.29 is 14.3 Å². The van der Waals surface area contributed by atoms with Gasteiger partial charge in [0.2, 0.25) is 5.91 Å². The molecule has 1 aromatic carbocycles. The largest absolute Gasteiger partial charge is 0.497 e. The molecule has 1 aliphatic carbocycles. The normalized spacial score (nSPS) is 21.2. The van der Waals surface area contributed by atoms with Gasteiger partial charge in [0.1, 0.15) is 16.0 Å². The standard InChI is InChI=1S/C17H20Cl2N2O3/c1-17(2)12(8-14(18)19)15(17)16(22)21-20-9-10-5-6-11(23-3)7-13(10)24-4/h5-9,12,15H,1-4H3,(H,21,22)/b20-9-/t12-,15+/m1/s1. The topological polar surface area (TPSA) is 59.9 Å². The third kappa shape index (κ3) is 4.02. The molecule has 1 N–H and O–H groups in total. The lowest BCUT2D eigenvalue weighted by atomic mass is 10.1. The van der Waals surface area contributed by atoms with Crippen molar-refractivity contribution in [3.05, 3.63) is 34.3 Å². The molecule has 0 saturated heterocycles. The van der Waals surface area contributed by atoms with E-state index in [-0.39, 0.29) is 27.6 Å². The van der Waals surface area contributed by atoms with Crippen LogP contribution in [0.1, 0.15) is 19.4 Å². The molecule has 0 radical (unpaired) electrons. The van der Waals surface area contributed by atoms with Gasteiger partial charge in [0.15, 0.2) is 0 Å². The lowest BCUT2D eigenvalue weighted by Gasteiger charge is -2.07. The minimum Gasteiger partial charge on any atom is -0.497 e. The van der Waals surface area contributed by atoms with E-state index in [0.717, 1.165) is 5.56 Å². The zero-order valence-electron chi connectivity index (χ0n) is 14.0. The molecule has 1 amide bonds. The maximum Gasteiger partial charge on any atom is 0.244 e. The third-order valence-electron chi connectivity index (χ3n) is 4.32. The molecule has 0 bridgehead atoms. The highest BCUT2D eigenvalue weighted by molar-refractivity contribution is 6.55. The summed E-state index contributed by atoms with van der Waals surface area (Å²) in [6, 6.07) is 5.34. The summed E-state index contributed by atoms with van der Waals surface area (Å²) in [6.45, 7) is 3.98. The first kappa shape index (κ1) is 18.6.